The molecule has 0 radical (unpaired) electrons. The minimum absolute atomic E-state index is 0.00652. The zero-order valence-corrected chi connectivity index (χ0v) is 76.0. The van der Waals surface area contributed by atoms with E-state index in [2.05, 4.69) is 47.9 Å². The first-order valence-electron chi connectivity index (χ1n) is 44.0. The summed E-state index contributed by atoms with van der Waals surface area (Å²) in [6.45, 7) is 6.18. The standard InChI is InChI=1S/C97H108Cl2N12O23/c1-8-10-36-128-58-23-16-51(17-24-58)48-102-82-85(118)86(119)88(96(127)101-33-13-35-110(5)6)134-97(82)133-87-73-42-56-43-74(87)132-71-31-22-55(40-65(71)98)84(117)81-94(125)107-79(90(121)100-32-12-34-109(3)4)63-44-57(112)45-69(115)75(63)62-39-53(20-29-67(62)113)77(91(122)108-81)104-92(123)78(56)105-93(124)80-64-46-61(47-70(116)76(64)99)131-72-41-54(21-30-68(72)114)83(111(7)49-52-18-25-59(26-19-52)129-37-11-9-2)95(126)103-66(89(120)106-80)38-50-14-27-60(130-73)28-15-50/h14-31,39-47,66,77-86,88,97,102,112-119H,8-13,32-38,48-49H2,1-7H3,(H,100,121)(H,101,127)(H,103,126)(H,104,123)(H,105,124)(H,106,120)(H,107,125)(H,108,122)/t66-,77-,78-,79+,80+,81+,82-,83+,84-,85-,86+,88+,97-/m1/s1. The summed E-state index contributed by atoms with van der Waals surface area (Å²) >= 11 is 14.5. The predicted octanol–water partition coefficient (Wildman–Crippen LogP) is 8.85. The molecule has 7 heterocycles. The van der Waals surface area contributed by atoms with E-state index in [0.717, 1.165) is 73.7 Å². The topological polar surface area (TPSA) is 481 Å². The fourth-order valence-corrected chi connectivity index (χ4v) is 16.8. The molecule has 7 aliphatic heterocycles. The number of phenols is 5. The van der Waals surface area contributed by atoms with E-state index in [4.69, 9.17) is 56.4 Å². The zero-order valence-electron chi connectivity index (χ0n) is 74.5. The normalized spacial score (nSPS) is 21.7. The minimum atomic E-state index is -2.35. The molecule has 35 nitrogen and oxygen atoms in total. The van der Waals surface area contributed by atoms with Crippen molar-refractivity contribution in [3.63, 3.8) is 0 Å². The number of unbranched alkanes of at least 4 members (excludes halogenated alkanes) is 2. The number of nitrogens with one attached hydrogen (secondary N) is 9. The first-order chi connectivity index (χ1) is 64.3. The Morgan fingerprint density at radius 2 is 1.09 bits per heavy atom. The summed E-state index contributed by atoms with van der Waals surface area (Å²) in [4.78, 5) is 132. The lowest BCUT2D eigenvalue weighted by Gasteiger charge is -2.42. The van der Waals surface area contributed by atoms with Crippen LogP contribution in [-0.2, 0) is 62.6 Å². The van der Waals surface area contributed by atoms with Crippen LogP contribution < -0.4 is 76.3 Å². The number of amides is 8. The SMILES string of the molecule is CCCCOc1ccc(CN[C@H]2[C@H](Oc3c4cc5cc3Oc3ccc(cc3Cl)[C@@H](O)[C@@H]3NC(=O)[C@H](NC(=O)[C@@H]5NC(=O)[C@H]5NC(=O)[C@@H](Cc6ccc(cc6)O4)NC(=O)[C@@H](N(C)Cc4ccc(OCCCC)cc4)c4ccc(O)c(c4)Oc4cc(O)c(Cl)c5c4)c4ccc(O)c(c4)-c4c(O)cc(O)cc4[C@@H](C(=O)NCCCN(C)C)NC3=O)O[C@H](C(=O)NCCCN(C)C)[C@@H](O)[C@@H]2O)cc1. The van der Waals surface area contributed by atoms with E-state index in [1.165, 1.54) is 60.7 Å². The highest BCUT2D eigenvalue weighted by atomic mass is 35.5. The Morgan fingerprint density at radius 3 is 1.75 bits per heavy atom. The largest absolute Gasteiger partial charge is 0.508 e. The van der Waals surface area contributed by atoms with Gasteiger partial charge in [-0.2, -0.15) is 0 Å². The Kier molecular flexibility index (Phi) is 31.2. The molecule has 9 aromatic rings. The molecule has 16 rings (SSSR count). The van der Waals surface area contributed by atoms with Crippen LogP contribution >= 0.6 is 23.2 Å². The van der Waals surface area contributed by atoms with Crippen molar-refractivity contribution in [3.8, 4) is 91.6 Å². The quantitative estimate of drug-likeness (QED) is 0.0225. The molecular weight excluding hydrogens is 1770 g/mol. The van der Waals surface area contributed by atoms with Gasteiger partial charge in [-0.15, -0.1) is 0 Å². The molecule has 0 spiro atoms. The second-order valence-electron chi connectivity index (χ2n) is 34.1. The monoisotopic (exact) mass is 1880 g/mol. The molecule has 13 atom stereocenters. The van der Waals surface area contributed by atoms with Gasteiger partial charge >= 0.3 is 0 Å². The van der Waals surface area contributed by atoms with Gasteiger partial charge in [0.25, 0.3) is 5.91 Å². The van der Waals surface area contributed by atoms with Gasteiger partial charge in [0.15, 0.2) is 29.1 Å². The smallest absolute Gasteiger partial charge is 0.252 e. The lowest BCUT2D eigenvalue weighted by Crippen LogP contribution is -2.66. The number of ether oxygens (including phenoxy) is 7. The van der Waals surface area contributed by atoms with Gasteiger partial charge < -0.3 is 132 Å². The van der Waals surface area contributed by atoms with Crippen LogP contribution in [0.25, 0.3) is 11.1 Å². The highest BCUT2D eigenvalue weighted by Crippen LogP contribution is 2.50. The third-order valence-electron chi connectivity index (χ3n) is 23.5. The van der Waals surface area contributed by atoms with Crippen molar-refractivity contribution in [2.24, 2.45) is 0 Å². The highest BCUT2D eigenvalue weighted by molar-refractivity contribution is 6.33. The van der Waals surface area contributed by atoms with Crippen molar-refractivity contribution < 1.29 is 112 Å². The fraction of sp³-hybridized carbons (Fsp3) is 0.361. The van der Waals surface area contributed by atoms with Gasteiger partial charge in [-0.3, -0.25) is 43.3 Å². The summed E-state index contributed by atoms with van der Waals surface area (Å²) in [6.07, 6.45) is -5.99. The van der Waals surface area contributed by atoms with Crippen molar-refractivity contribution in [1.29, 1.82) is 0 Å². The zero-order chi connectivity index (χ0) is 95.5. The van der Waals surface area contributed by atoms with E-state index >= 15 is 28.8 Å². The Morgan fingerprint density at radius 1 is 0.500 bits per heavy atom. The van der Waals surface area contributed by atoms with E-state index in [0.29, 0.717) is 61.8 Å². The van der Waals surface area contributed by atoms with Crippen molar-refractivity contribution in [2.45, 2.75) is 151 Å². The van der Waals surface area contributed by atoms with Crippen LogP contribution in [0.15, 0.2) is 164 Å². The number of nitrogens with zero attached hydrogens (tertiary/aromatic N) is 3. The van der Waals surface area contributed by atoms with Crippen LogP contribution in [0.5, 0.6) is 80.5 Å². The third-order valence-corrected chi connectivity index (χ3v) is 24.2. The number of carbonyl (C=O) groups excluding carboxylic acids is 8. The molecule has 0 saturated carbocycles. The van der Waals surface area contributed by atoms with Crippen molar-refractivity contribution in [2.75, 3.05) is 74.6 Å². The summed E-state index contributed by atoms with van der Waals surface area (Å²) in [7, 11) is 8.97. The Balaban J connectivity index is 0.978. The van der Waals surface area contributed by atoms with Crippen LogP contribution in [-0.4, -0.2) is 220 Å². The average Bonchev–Trinajstić information content (AvgIpc) is 0.760. The molecule has 17 bridgehead atoms. The van der Waals surface area contributed by atoms with Gasteiger partial charge in [-0.1, -0.05) is 104 Å². The molecule has 134 heavy (non-hydrogen) atoms. The molecule has 0 aromatic heterocycles. The second-order valence-corrected chi connectivity index (χ2v) is 34.8. The molecule has 1 fully saturated rings. The fourth-order valence-electron chi connectivity index (χ4n) is 16.3. The Hall–Kier alpha value is -13.2. The number of aliphatic hydroxyl groups is 3. The first kappa shape index (κ1) is 96.8. The van der Waals surface area contributed by atoms with Crippen molar-refractivity contribution in [1.82, 2.24) is 62.6 Å². The number of carbonyl (C=O) groups is 8. The van der Waals surface area contributed by atoms with Gasteiger partial charge in [-0.25, -0.2) is 0 Å². The molecule has 0 aliphatic carbocycles. The summed E-state index contributed by atoms with van der Waals surface area (Å²) in [5.74, 6) is -13.6. The number of aliphatic hydroxyl groups excluding tert-OH is 3. The average molecular weight is 1880 g/mol. The maximum absolute atomic E-state index is 16.9. The highest BCUT2D eigenvalue weighted by Gasteiger charge is 2.50. The predicted molar refractivity (Wildman–Crippen MR) is 491 cm³/mol. The molecule has 17 N–H and O–H groups in total. The lowest BCUT2D eigenvalue weighted by molar-refractivity contribution is -0.235. The van der Waals surface area contributed by atoms with Gasteiger partial charge in [-0.05, 0) is 216 Å². The molecule has 37 heteroatoms. The summed E-state index contributed by atoms with van der Waals surface area (Å²) < 4.78 is 45.9. The number of hydrogen-bond acceptors (Lipinski definition) is 27. The third kappa shape index (κ3) is 22.8. The molecule has 8 amide bonds. The number of fused-ring (bicyclic) bond motifs is 14. The maximum atomic E-state index is 16.9. The van der Waals surface area contributed by atoms with E-state index in [-0.39, 0.29) is 94.0 Å². The Bertz CT molecular complexity index is 5820. The van der Waals surface area contributed by atoms with Gasteiger partial charge in [0, 0.05) is 61.4 Å². The van der Waals surface area contributed by atoms with Gasteiger partial charge in [0.05, 0.1) is 29.3 Å². The molecule has 7 aliphatic rings. The van der Waals surface area contributed by atoms with Gasteiger partial charge in [0.2, 0.25) is 53.4 Å². The van der Waals surface area contributed by atoms with E-state index in [9.17, 15) is 50.4 Å². The minimum Gasteiger partial charge on any atom is -0.508 e. The number of aromatic hydroxyl groups is 5. The van der Waals surface area contributed by atoms with E-state index in [1.54, 1.807) is 60.5 Å². The molecular formula is C97H108Cl2N12O23. The lowest BCUT2D eigenvalue weighted by atomic mass is 9.89. The van der Waals surface area contributed by atoms with Crippen LogP contribution in [0.2, 0.25) is 10.0 Å². The number of benzene rings is 9. The number of phenolic OH excluding ortho intramolecular Hbond substituents is 5. The number of likely N-dealkylation sites (N-methyl/N-ethyl adjacent to an activating group) is 1. The summed E-state index contributed by atoms with van der Waals surface area (Å²) in [6, 6.07) is 22.6. The molecule has 708 valence electrons. The van der Waals surface area contributed by atoms with Crippen LogP contribution in [0.4, 0.5) is 0 Å². The Labute approximate surface area is 782 Å². The number of hydrogen-bond donors (Lipinski definition) is 17. The number of halogens is 2. The molecule has 0 unspecified atom stereocenters. The summed E-state index contributed by atoms with van der Waals surface area (Å²) in [5, 5.41) is 121. The van der Waals surface area contributed by atoms with Crippen molar-refractivity contribution >= 4 is 70.5 Å². The van der Waals surface area contributed by atoms with Crippen LogP contribution in [0.1, 0.15) is 139 Å². The van der Waals surface area contributed by atoms with Gasteiger partial charge in [0.1, 0.15) is 112 Å². The van der Waals surface area contributed by atoms with Crippen LogP contribution in [0, 0.1) is 0 Å². The molecule has 9 aromatic carbocycles. The molecule has 1 saturated heterocycles. The van der Waals surface area contributed by atoms with E-state index < -0.39 is 188 Å². The van der Waals surface area contributed by atoms with Crippen molar-refractivity contribution in [3.05, 3.63) is 224 Å². The first-order valence-corrected chi connectivity index (χ1v) is 44.8. The number of rotatable bonds is 26. The van der Waals surface area contributed by atoms with E-state index in [1.807, 2.05) is 64.0 Å². The maximum Gasteiger partial charge on any atom is 0.252 e. The summed E-state index contributed by atoms with van der Waals surface area (Å²) in [5.41, 5.74) is -0.472. The van der Waals surface area contributed by atoms with Crippen LogP contribution in [0.3, 0.4) is 0 Å². The second kappa shape index (κ2) is 43.2.